The van der Waals surface area contributed by atoms with Gasteiger partial charge in [0.05, 0.1) is 24.6 Å². The fraction of sp³-hybridized carbons (Fsp3) is 0.333. The van der Waals surface area contributed by atoms with Crippen molar-refractivity contribution >= 4 is 33.3 Å². The van der Waals surface area contributed by atoms with Gasteiger partial charge in [-0.2, -0.15) is 0 Å². The molecule has 24 heavy (non-hydrogen) atoms. The summed E-state index contributed by atoms with van der Waals surface area (Å²) < 4.78 is 35.7. The van der Waals surface area contributed by atoms with Crippen LogP contribution in [-0.4, -0.2) is 31.9 Å². The van der Waals surface area contributed by atoms with E-state index in [0.29, 0.717) is 10.7 Å². The highest BCUT2D eigenvalue weighted by molar-refractivity contribution is 7.92. The summed E-state index contributed by atoms with van der Waals surface area (Å²) in [6, 6.07) is 7.84. The molecule has 0 spiro atoms. The van der Waals surface area contributed by atoms with Gasteiger partial charge in [0.15, 0.2) is 0 Å². The van der Waals surface area contributed by atoms with Crippen molar-refractivity contribution in [3.63, 3.8) is 0 Å². The number of nitrogens with zero attached hydrogens (tertiary/aromatic N) is 2. The first-order valence-electron chi connectivity index (χ1n) is 7.26. The number of benzene rings is 1. The molecule has 0 N–H and O–H groups in total. The normalized spacial score (nSPS) is 11.3. The van der Waals surface area contributed by atoms with Crippen LogP contribution in [0.3, 0.4) is 0 Å². The smallest absolute Gasteiger partial charge is 0.377 e. The summed E-state index contributed by atoms with van der Waals surface area (Å²) in [5.74, 6) is -0.821. The molecule has 0 amide bonds. The van der Waals surface area contributed by atoms with Gasteiger partial charge in [-0.15, -0.1) is 0 Å². The van der Waals surface area contributed by atoms with E-state index in [-0.39, 0.29) is 30.4 Å². The first kappa shape index (κ1) is 18.3. The minimum atomic E-state index is -3.57. The number of esters is 1. The second-order valence-corrected chi connectivity index (χ2v) is 7.41. The molecule has 0 saturated heterocycles. The Labute approximate surface area is 145 Å². The Kier molecular flexibility index (Phi) is 5.84. The van der Waals surface area contributed by atoms with E-state index in [0.717, 1.165) is 0 Å². The van der Waals surface area contributed by atoms with Crippen LogP contribution in [0.4, 0.5) is 5.69 Å². The van der Waals surface area contributed by atoms with Crippen molar-refractivity contribution in [2.45, 2.75) is 20.4 Å². The molecule has 0 radical (unpaired) electrons. The lowest BCUT2D eigenvalue weighted by Gasteiger charge is -2.22. The van der Waals surface area contributed by atoms with Gasteiger partial charge in [0.1, 0.15) is 5.69 Å². The largest absolute Gasteiger partial charge is 0.460 e. The molecule has 0 fully saturated rings. The van der Waals surface area contributed by atoms with E-state index in [1.807, 2.05) is 0 Å². The molecule has 0 aliphatic heterocycles. The summed E-state index contributed by atoms with van der Waals surface area (Å²) in [5.41, 5.74) is 0.695. The van der Waals surface area contributed by atoms with E-state index < -0.39 is 16.0 Å². The van der Waals surface area contributed by atoms with Crippen LogP contribution in [0, 0.1) is 0 Å². The molecule has 2 aromatic rings. The summed E-state index contributed by atoms with van der Waals surface area (Å²) in [4.78, 5) is 11.6. The topological polar surface area (TPSA) is 89.7 Å². The average molecular weight is 373 g/mol. The van der Waals surface area contributed by atoms with Gasteiger partial charge in [0.2, 0.25) is 15.8 Å². The number of sulfonamides is 1. The zero-order chi connectivity index (χ0) is 17.7. The fourth-order valence-electron chi connectivity index (χ4n) is 1.97. The predicted molar refractivity (Wildman–Crippen MR) is 89.6 cm³/mol. The van der Waals surface area contributed by atoms with E-state index in [1.165, 1.54) is 10.4 Å². The van der Waals surface area contributed by atoms with Crippen molar-refractivity contribution in [3.8, 4) is 0 Å². The molecule has 0 unspecified atom stereocenters. The third-order valence-corrected chi connectivity index (χ3v) is 5.11. The highest BCUT2D eigenvalue weighted by Crippen LogP contribution is 2.24. The third-order valence-electron chi connectivity index (χ3n) is 3.14. The Bertz CT molecular complexity index is 819. The first-order valence-corrected chi connectivity index (χ1v) is 9.24. The lowest BCUT2D eigenvalue weighted by molar-refractivity contribution is 0.0479. The lowest BCUT2D eigenvalue weighted by atomic mass is 10.3. The molecule has 1 heterocycles. The zero-order valence-electron chi connectivity index (χ0n) is 13.2. The van der Waals surface area contributed by atoms with Gasteiger partial charge in [0, 0.05) is 11.1 Å². The van der Waals surface area contributed by atoms with E-state index in [2.05, 4.69) is 5.16 Å². The quantitative estimate of drug-likeness (QED) is 0.694. The van der Waals surface area contributed by atoms with Gasteiger partial charge < -0.3 is 9.26 Å². The highest BCUT2D eigenvalue weighted by atomic mass is 35.5. The van der Waals surface area contributed by atoms with Gasteiger partial charge in [-0.05, 0) is 32.0 Å². The number of carbonyl (C=O) groups excluding carboxylic acids is 1. The van der Waals surface area contributed by atoms with E-state index in [1.54, 1.807) is 38.1 Å². The molecule has 0 aliphatic carbocycles. The molecule has 0 atom stereocenters. The molecule has 2 rings (SSSR count). The monoisotopic (exact) mass is 372 g/mol. The van der Waals surface area contributed by atoms with Crippen LogP contribution < -0.4 is 4.31 Å². The Balaban J connectivity index is 2.32. The first-order chi connectivity index (χ1) is 11.4. The van der Waals surface area contributed by atoms with Gasteiger partial charge in [-0.1, -0.05) is 22.8 Å². The number of aromatic nitrogens is 1. The summed E-state index contributed by atoms with van der Waals surface area (Å²) in [6.07, 6.45) is 0. The second-order valence-electron chi connectivity index (χ2n) is 4.79. The standard InChI is InChI=1S/C15H17ClN2O5S/c1-3-22-15(19)14-9-12(17-23-14)10-18(24(20,21)4-2)13-7-5-6-11(16)8-13/h5-9H,3-4,10H2,1-2H3. The van der Waals surface area contributed by atoms with Crippen LogP contribution in [0.5, 0.6) is 0 Å². The number of rotatable bonds is 7. The molecular weight excluding hydrogens is 356 g/mol. The van der Waals surface area contributed by atoms with E-state index in [4.69, 9.17) is 20.9 Å². The number of hydrogen-bond donors (Lipinski definition) is 0. The number of ether oxygens (including phenoxy) is 1. The van der Waals surface area contributed by atoms with Crippen LogP contribution in [0.15, 0.2) is 34.9 Å². The number of carbonyl (C=O) groups is 1. The van der Waals surface area contributed by atoms with Gasteiger partial charge in [-0.3, -0.25) is 4.31 Å². The van der Waals surface area contributed by atoms with Crippen molar-refractivity contribution < 1.29 is 22.5 Å². The van der Waals surface area contributed by atoms with E-state index in [9.17, 15) is 13.2 Å². The maximum absolute atomic E-state index is 12.4. The molecule has 9 heteroatoms. The molecule has 7 nitrogen and oxygen atoms in total. The highest BCUT2D eigenvalue weighted by Gasteiger charge is 2.24. The number of anilines is 1. The van der Waals surface area contributed by atoms with Crippen molar-refractivity contribution in [1.82, 2.24) is 5.16 Å². The summed E-state index contributed by atoms with van der Waals surface area (Å²) in [6.45, 7) is 3.33. The van der Waals surface area contributed by atoms with Gasteiger partial charge in [-0.25, -0.2) is 13.2 Å². The van der Waals surface area contributed by atoms with Gasteiger partial charge in [0.25, 0.3) is 0 Å². The van der Waals surface area contributed by atoms with Crippen LogP contribution in [0.1, 0.15) is 30.1 Å². The Morgan fingerprint density at radius 2 is 2.08 bits per heavy atom. The van der Waals surface area contributed by atoms with Crippen LogP contribution in [-0.2, 0) is 21.3 Å². The fourth-order valence-corrected chi connectivity index (χ4v) is 3.23. The van der Waals surface area contributed by atoms with Crippen molar-refractivity contribution in [2.24, 2.45) is 0 Å². The minimum Gasteiger partial charge on any atom is -0.460 e. The molecule has 0 aliphatic rings. The lowest BCUT2D eigenvalue weighted by Crippen LogP contribution is -2.32. The predicted octanol–water partition coefficient (Wildman–Crippen LogP) is 2.86. The zero-order valence-corrected chi connectivity index (χ0v) is 14.8. The number of hydrogen-bond acceptors (Lipinski definition) is 6. The maximum Gasteiger partial charge on any atom is 0.377 e. The summed E-state index contributed by atoms with van der Waals surface area (Å²) in [7, 11) is -3.57. The molecule has 1 aromatic heterocycles. The SMILES string of the molecule is CCOC(=O)c1cc(CN(c2cccc(Cl)c2)S(=O)(=O)CC)no1. The minimum absolute atomic E-state index is 0.0770. The molecule has 0 saturated carbocycles. The number of halogens is 1. The molecule has 0 bridgehead atoms. The Morgan fingerprint density at radius 1 is 1.33 bits per heavy atom. The maximum atomic E-state index is 12.4. The van der Waals surface area contributed by atoms with Crippen molar-refractivity contribution in [2.75, 3.05) is 16.7 Å². The van der Waals surface area contributed by atoms with Crippen LogP contribution in [0.25, 0.3) is 0 Å². The van der Waals surface area contributed by atoms with E-state index >= 15 is 0 Å². The molecular formula is C15H17ClN2O5S. The third kappa shape index (κ3) is 4.27. The molecule has 1 aromatic carbocycles. The van der Waals surface area contributed by atoms with Gasteiger partial charge >= 0.3 is 5.97 Å². The Hall–Kier alpha value is -2.06. The van der Waals surface area contributed by atoms with Crippen molar-refractivity contribution in [1.29, 1.82) is 0 Å². The average Bonchev–Trinajstić information content (AvgIpc) is 3.01. The van der Waals surface area contributed by atoms with Crippen LogP contribution >= 0.6 is 11.6 Å². The Morgan fingerprint density at radius 3 is 2.71 bits per heavy atom. The second kappa shape index (κ2) is 7.67. The van der Waals surface area contributed by atoms with Crippen LogP contribution in [0.2, 0.25) is 5.02 Å². The molecule has 130 valence electrons. The van der Waals surface area contributed by atoms with Crippen molar-refractivity contribution in [3.05, 3.63) is 46.8 Å². The summed E-state index contributed by atoms with van der Waals surface area (Å²) >= 11 is 5.95. The summed E-state index contributed by atoms with van der Waals surface area (Å²) in [5, 5.41) is 4.15.